The van der Waals surface area contributed by atoms with Crippen LogP contribution in [0.2, 0.25) is 0 Å². The molecule has 0 aliphatic carbocycles. The molecular formula is C21H22N2O5. The second kappa shape index (κ2) is 6.22. The molecule has 7 nitrogen and oxygen atoms in total. The number of piperidine rings is 1. The highest BCUT2D eigenvalue weighted by molar-refractivity contribution is 5.73. The maximum absolute atomic E-state index is 12.6. The molecule has 4 atom stereocenters. The number of rotatable bonds is 3. The highest BCUT2D eigenvalue weighted by Crippen LogP contribution is 2.52. The summed E-state index contributed by atoms with van der Waals surface area (Å²) in [6.45, 7) is 0.396. The highest BCUT2D eigenvalue weighted by atomic mass is 16.6. The average Bonchev–Trinajstić information content (AvgIpc) is 3.27. The van der Waals surface area contributed by atoms with Crippen LogP contribution in [-0.4, -0.2) is 49.0 Å². The Morgan fingerprint density at radius 3 is 2.61 bits per heavy atom. The van der Waals surface area contributed by atoms with Crippen LogP contribution in [-0.2, 0) is 4.74 Å². The molecule has 2 aromatic rings. The Labute approximate surface area is 162 Å². The number of fused-ring (bicyclic) bond motifs is 4. The van der Waals surface area contributed by atoms with Gasteiger partial charge in [0.25, 0.3) is 0 Å². The van der Waals surface area contributed by atoms with E-state index in [-0.39, 0.29) is 35.9 Å². The van der Waals surface area contributed by atoms with Crippen LogP contribution in [0.3, 0.4) is 0 Å². The van der Waals surface area contributed by atoms with E-state index in [1.165, 1.54) is 19.8 Å². The molecule has 5 rings (SSSR count). The van der Waals surface area contributed by atoms with Crippen molar-refractivity contribution in [3.05, 3.63) is 47.5 Å². The average molecular weight is 382 g/mol. The van der Waals surface area contributed by atoms with Gasteiger partial charge >= 0.3 is 6.09 Å². The molecule has 2 N–H and O–H groups in total. The maximum Gasteiger partial charge on any atom is 0.410 e. The number of hydrogen-bond acceptors (Lipinski definition) is 6. The first kappa shape index (κ1) is 17.0. The normalized spacial score (nSPS) is 27.4. The highest BCUT2D eigenvalue weighted by Gasteiger charge is 2.53. The van der Waals surface area contributed by atoms with Crippen LogP contribution in [0.1, 0.15) is 29.5 Å². The van der Waals surface area contributed by atoms with Crippen molar-refractivity contribution in [2.75, 3.05) is 26.1 Å². The minimum Gasteiger partial charge on any atom is -0.502 e. The summed E-state index contributed by atoms with van der Waals surface area (Å²) < 4.78 is 16.1. The third-order valence-corrected chi connectivity index (χ3v) is 6.13. The Balaban J connectivity index is 1.65. The summed E-state index contributed by atoms with van der Waals surface area (Å²) in [6.07, 6.45) is 0.542. The molecule has 0 bridgehead atoms. The monoisotopic (exact) mass is 382 g/mol. The van der Waals surface area contributed by atoms with Gasteiger partial charge in [-0.25, -0.2) is 4.79 Å². The molecule has 2 aromatic carbocycles. The fraction of sp³-hybridized carbons (Fsp3) is 0.381. The molecule has 3 unspecified atom stereocenters. The van der Waals surface area contributed by atoms with Gasteiger partial charge < -0.3 is 24.6 Å². The SMILES string of the molecule is COc1cc([C@@H]2C3Nc4ccccc4C3CC3COC(=O)N32)cc(OC)c1O. The smallest absolute Gasteiger partial charge is 0.410 e. The Hall–Kier alpha value is -3.09. The Bertz CT molecular complexity index is 921. The predicted octanol–water partition coefficient (Wildman–Crippen LogP) is 3.25. The number of phenolic OH excluding ortho intramolecular Hbond substituents is 1. The molecule has 1 amide bonds. The van der Waals surface area contributed by atoms with Gasteiger partial charge in [0, 0.05) is 11.6 Å². The number of cyclic esters (lactones) is 1. The fourth-order valence-electron chi connectivity index (χ4n) is 4.91. The first-order valence-electron chi connectivity index (χ1n) is 9.37. The van der Waals surface area contributed by atoms with E-state index in [1.54, 1.807) is 12.1 Å². The van der Waals surface area contributed by atoms with Gasteiger partial charge in [0.05, 0.1) is 32.3 Å². The van der Waals surface area contributed by atoms with E-state index in [0.29, 0.717) is 18.1 Å². The summed E-state index contributed by atoms with van der Waals surface area (Å²) in [7, 11) is 3.00. The minimum absolute atomic E-state index is 0.00162. The number of hydrogen-bond donors (Lipinski definition) is 2. The zero-order chi connectivity index (χ0) is 19.4. The van der Waals surface area contributed by atoms with Crippen molar-refractivity contribution in [2.45, 2.75) is 30.5 Å². The van der Waals surface area contributed by atoms with Crippen molar-refractivity contribution >= 4 is 11.8 Å². The summed E-state index contributed by atoms with van der Waals surface area (Å²) in [5, 5.41) is 13.9. The molecule has 0 aromatic heterocycles. The van der Waals surface area contributed by atoms with Gasteiger partial charge in [0.2, 0.25) is 5.75 Å². The lowest BCUT2D eigenvalue weighted by atomic mass is 9.78. The van der Waals surface area contributed by atoms with Crippen LogP contribution < -0.4 is 14.8 Å². The van der Waals surface area contributed by atoms with Gasteiger partial charge in [-0.2, -0.15) is 0 Å². The zero-order valence-corrected chi connectivity index (χ0v) is 15.7. The molecule has 3 heterocycles. The topological polar surface area (TPSA) is 80.3 Å². The van der Waals surface area contributed by atoms with Crippen LogP contribution in [0.5, 0.6) is 17.2 Å². The van der Waals surface area contributed by atoms with Crippen LogP contribution >= 0.6 is 0 Å². The Morgan fingerprint density at radius 2 is 1.89 bits per heavy atom. The molecule has 3 aliphatic heterocycles. The van der Waals surface area contributed by atoms with Gasteiger partial charge in [0.15, 0.2) is 11.5 Å². The van der Waals surface area contributed by atoms with E-state index in [0.717, 1.165) is 17.7 Å². The van der Waals surface area contributed by atoms with Crippen molar-refractivity contribution in [1.82, 2.24) is 4.90 Å². The number of amides is 1. The molecule has 146 valence electrons. The second-order valence-corrected chi connectivity index (χ2v) is 7.46. The number of carbonyl (C=O) groups is 1. The summed E-state index contributed by atoms with van der Waals surface area (Å²) in [4.78, 5) is 14.4. The lowest BCUT2D eigenvalue weighted by Crippen LogP contribution is -2.51. The van der Waals surface area contributed by atoms with Crippen molar-refractivity contribution < 1.29 is 24.1 Å². The van der Waals surface area contributed by atoms with E-state index in [2.05, 4.69) is 17.4 Å². The molecule has 28 heavy (non-hydrogen) atoms. The molecule has 0 radical (unpaired) electrons. The predicted molar refractivity (Wildman–Crippen MR) is 102 cm³/mol. The fourth-order valence-corrected chi connectivity index (χ4v) is 4.91. The molecular weight excluding hydrogens is 360 g/mol. The van der Waals surface area contributed by atoms with E-state index < -0.39 is 0 Å². The lowest BCUT2D eigenvalue weighted by molar-refractivity contribution is 0.115. The summed E-state index contributed by atoms with van der Waals surface area (Å²) >= 11 is 0. The largest absolute Gasteiger partial charge is 0.502 e. The molecule has 7 heteroatoms. The summed E-state index contributed by atoms with van der Waals surface area (Å²) in [5.41, 5.74) is 3.22. The number of anilines is 1. The number of aromatic hydroxyl groups is 1. The van der Waals surface area contributed by atoms with Gasteiger partial charge in [-0.05, 0) is 35.7 Å². The zero-order valence-electron chi connectivity index (χ0n) is 15.7. The number of para-hydroxylation sites is 1. The molecule has 0 saturated carbocycles. The first-order valence-corrected chi connectivity index (χ1v) is 9.37. The van der Waals surface area contributed by atoms with Crippen LogP contribution in [0.25, 0.3) is 0 Å². The van der Waals surface area contributed by atoms with Gasteiger partial charge in [-0.1, -0.05) is 18.2 Å². The lowest BCUT2D eigenvalue weighted by Gasteiger charge is -2.43. The minimum atomic E-state index is -0.308. The quantitative estimate of drug-likeness (QED) is 0.848. The molecule has 2 fully saturated rings. The van der Waals surface area contributed by atoms with Crippen molar-refractivity contribution in [2.24, 2.45) is 0 Å². The molecule has 3 aliphatic rings. The van der Waals surface area contributed by atoms with E-state index in [4.69, 9.17) is 14.2 Å². The van der Waals surface area contributed by atoms with Crippen LogP contribution in [0, 0.1) is 0 Å². The van der Waals surface area contributed by atoms with Crippen LogP contribution in [0.4, 0.5) is 10.5 Å². The third-order valence-electron chi connectivity index (χ3n) is 6.13. The van der Waals surface area contributed by atoms with Crippen molar-refractivity contribution in [3.8, 4) is 17.2 Å². The van der Waals surface area contributed by atoms with E-state index in [1.807, 2.05) is 17.0 Å². The van der Waals surface area contributed by atoms with Gasteiger partial charge in [-0.15, -0.1) is 0 Å². The second-order valence-electron chi connectivity index (χ2n) is 7.46. The van der Waals surface area contributed by atoms with Crippen molar-refractivity contribution in [3.63, 3.8) is 0 Å². The van der Waals surface area contributed by atoms with E-state index in [9.17, 15) is 9.90 Å². The number of ether oxygens (including phenoxy) is 3. The third kappa shape index (κ3) is 2.32. The van der Waals surface area contributed by atoms with Gasteiger partial charge in [-0.3, -0.25) is 4.90 Å². The Morgan fingerprint density at radius 1 is 1.18 bits per heavy atom. The number of nitrogens with one attached hydrogen (secondary N) is 1. The molecule has 0 spiro atoms. The maximum atomic E-state index is 12.6. The molecule has 2 saturated heterocycles. The number of methoxy groups -OCH3 is 2. The van der Waals surface area contributed by atoms with Crippen molar-refractivity contribution in [1.29, 1.82) is 0 Å². The summed E-state index contributed by atoms with van der Waals surface area (Å²) in [6, 6.07) is 11.6. The number of benzene rings is 2. The van der Waals surface area contributed by atoms with Gasteiger partial charge in [0.1, 0.15) is 6.61 Å². The Kier molecular flexibility index (Phi) is 3.79. The van der Waals surface area contributed by atoms with Crippen LogP contribution in [0.15, 0.2) is 36.4 Å². The number of carbonyl (C=O) groups excluding carboxylic acids is 1. The van der Waals surface area contributed by atoms with E-state index >= 15 is 0 Å². The number of nitrogens with zero attached hydrogens (tertiary/aromatic N) is 1. The summed E-state index contributed by atoms with van der Waals surface area (Å²) in [5.74, 6) is 0.847. The first-order chi connectivity index (χ1) is 13.6. The number of phenols is 1. The standard InChI is InChI=1S/C21H22N2O5/c1-26-16-7-11(8-17(27-2)20(16)24)19-18-14(9-12-10-28-21(25)23(12)19)13-5-3-4-6-15(13)22-18/h3-8,12,14,18-19,22,24H,9-10H2,1-2H3/t12?,14?,18?,19-/m1/s1.